The Labute approximate surface area is 124 Å². The first-order valence-corrected chi connectivity index (χ1v) is 6.99. The van der Waals surface area contributed by atoms with Gasteiger partial charge in [0.1, 0.15) is 12.4 Å². The minimum atomic E-state index is -0.0436. The quantitative estimate of drug-likeness (QED) is 0.747. The van der Waals surface area contributed by atoms with Gasteiger partial charge < -0.3 is 4.74 Å². The van der Waals surface area contributed by atoms with Crippen LogP contribution in [0.1, 0.15) is 35.3 Å². The number of aryl methyl sites for hydroxylation is 1. The number of ether oxygens (including phenoxy) is 1. The molecule has 2 rings (SSSR count). The monoisotopic (exact) mass is 288 g/mol. The molecule has 0 saturated heterocycles. The van der Waals surface area contributed by atoms with E-state index in [0.29, 0.717) is 22.9 Å². The molecule has 2 nitrogen and oxygen atoms in total. The Morgan fingerprint density at radius 2 is 1.85 bits per heavy atom. The van der Waals surface area contributed by atoms with Gasteiger partial charge in [0.15, 0.2) is 5.78 Å². The number of hydrogen-bond acceptors (Lipinski definition) is 2. The maximum Gasteiger partial charge on any atom is 0.161 e. The molecule has 0 saturated carbocycles. The SMILES string of the molecule is CCc1ccccc1COc1ccc(C(C)=O)c(Cl)c1. The summed E-state index contributed by atoms with van der Waals surface area (Å²) in [6.45, 7) is 4.12. The Balaban J connectivity index is 2.11. The van der Waals surface area contributed by atoms with Crippen LogP contribution in [0.15, 0.2) is 42.5 Å². The van der Waals surface area contributed by atoms with Gasteiger partial charge in [0.2, 0.25) is 0 Å². The molecule has 20 heavy (non-hydrogen) atoms. The van der Waals surface area contributed by atoms with Crippen LogP contribution in [-0.4, -0.2) is 5.78 Å². The molecule has 0 unspecified atom stereocenters. The zero-order valence-corrected chi connectivity index (χ0v) is 12.4. The van der Waals surface area contributed by atoms with Crippen molar-refractivity contribution in [2.24, 2.45) is 0 Å². The van der Waals surface area contributed by atoms with Crippen molar-refractivity contribution in [1.82, 2.24) is 0 Å². The standard InChI is InChI=1S/C17H17ClO2/c1-3-13-6-4-5-7-14(13)11-20-15-8-9-16(12(2)19)17(18)10-15/h4-10H,3,11H2,1-2H3. The molecule has 2 aromatic rings. The Morgan fingerprint density at radius 1 is 1.15 bits per heavy atom. The number of halogens is 1. The van der Waals surface area contributed by atoms with Crippen LogP contribution in [0.3, 0.4) is 0 Å². The van der Waals surface area contributed by atoms with Gasteiger partial charge in [-0.3, -0.25) is 4.79 Å². The number of carbonyl (C=O) groups excluding carboxylic acids is 1. The molecule has 0 aromatic heterocycles. The summed E-state index contributed by atoms with van der Waals surface area (Å²) in [5, 5.41) is 0.429. The maximum absolute atomic E-state index is 11.3. The minimum absolute atomic E-state index is 0.0436. The Kier molecular flexibility index (Phi) is 4.80. The largest absolute Gasteiger partial charge is 0.489 e. The average molecular weight is 289 g/mol. The van der Waals surface area contributed by atoms with Crippen molar-refractivity contribution in [2.75, 3.05) is 0 Å². The van der Waals surface area contributed by atoms with Crippen LogP contribution < -0.4 is 4.74 Å². The third-order valence-electron chi connectivity index (χ3n) is 3.21. The molecule has 3 heteroatoms. The van der Waals surface area contributed by atoms with Gasteiger partial charge in [-0.15, -0.1) is 0 Å². The summed E-state index contributed by atoms with van der Waals surface area (Å²) in [6, 6.07) is 13.4. The molecule has 2 aromatic carbocycles. The molecule has 104 valence electrons. The maximum atomic E-state index is 11.3. The summed E-state index contributed by atoms with van der Waals surface area (Å²) in [5.41, 5.74) is 2.97. The van der Waals surface area contributed by atoms with Crippen LogP contribution in [0.4, 0.5) is 0 Å². The van der Waals surface area contributed by atoms with Gasteiger partial charge in [-0.1, -0.05) is 42.8 Å². The minimum Gasteiger partial charge on any atom is -0.489 e. The van der Waals surface area contributed by atoms with Crippen molar-refractivity contribution in [3.05, 3.63) is 64.2 Å². The Bertz CT molecular complexity index is 620. The van der Waals surface area contributed by atoms with Crippen molar-refractivity contribution < 1.29 is 9.53 Å². The fourth-order valence-electron chi connectivity index (χ4n) is 2.08. The highest BCUT2D eigenvalue weighted by molar-refractivity contribution is 6.34. The Hall–Kier alpha value is -1.80. The van der Waals surface area contributed by atoms with Crippen molar-refractivity contribution in [1.29, 1.82) is 0 Å². The number of benzene rings is 2. The first kappa shape index (κ1) is 14.6. The van der Waals surface area contributed by atoms with E-state index in [2.05, 4.69) is 19.1 Å². The molecule has 0 N–H and O–H groups in total. The molecule has 0 aliphatic rings. The zero-order chi connectivity index (χ0) is 14.5. The second kappa shape index (κ2) is 6.58. The van der Waals surface area contributed by atoms with E-state index in [4.69, 9.17) is 16.3 Å². The van der Waals surface area contributed by atoms with Gasteiger partial charge in [-0.25, -0.2) is 0 Å². The smallest absolute Gasteiger partial charge is 0.161 e. The van der Waals surface area contributed by atoms with E-state index in [-0.39, 0.29) is 5.78 Å². The normalized spacial score (nSPS) is 10.3. The zero-order valence-electron chi connectivity index (χ0n) is 11.7. The number of carbonyl (C=O) groups is 1. The fourth-order valence-corrected chi connectivity index (χ4v) is 2.38. The van der Waals surface area contributed by atoms with Gasteiger partial charge in [-0.2, -0.15) is 0 Å². The predicted octanol–water partition coefficient (Wildman–Crippen LogP) is 4.68. The van der Waals surface area contributed by atoms with Gasteiger partial charge in [0, 0.05) is 5.56 Å². The van der Waals surface area contributed by atoms with E-state index in [1.807, 2.05) is 12.1 Å². The lowest BCUT2D eigenvalue weighted by Gasteiger charge is -2.11. The lowest BCUT2D eigenvalue weighted by molar-refractivity contribution is 0.101. The molecular formula is C17H17ClO2. The van der Waals surface area contributed by atoms with Gasteiger partial charge in [0.25, 0.3) is 0 Å². The van der Waals surface area contributed by atoms with Crippen LogP contribution in [0, 0.1) is 0 Å². The predicted molar refractivity (Wildman–Crippen MR) is 81.6 cm³/mol. The van der Waals surface area contributed by atoms with Crippen molar-refractivity contribution in [2.45, 2.75) is 26.9 Å². The molecule has 0 bridgehead atoms. The topological polar surface area (TPSA) is 26.3 Å². The molecule has 0 aliphatic heterocycles. The van der Waals surface area contributed by atoms with Gasteiger partial charge in [-0.05, 0) is 42.7 Å². The first-order chi connectivity index (χ1) is 9.61. The number of ketones is 1. The Morgan fingerprint density at radius 3 is 2.45 bits per heavy atom. The summed E-state index contributed by atoms with van der Waals surface area (Å²) in [7, 11) is 0. The highest BCUT2D eigenvalue weighted by Gasteiger charge is 2.07. The van der Waals surface area contributed by atoms with E-state index in [1.165, 1.54) is 18.1 Å². The summed E-state index contributed by atoms with van der Waals surface area (Å²) >= 11 is 6.06. The lowest BCUT2D eigenvalue weighted by Crippen LogP contribution is -2.00. The van der Waals surface area contributed by atoms with Crippen LogP contribution in [0.2, 0.25) is 5.02 Å². The number of rotatable bonds is 5. The van der Waals surface area contributed by atoms with Crippen molar-refractivity contribution in [3.63, 3.8) is 0 Å². The van der Waals surface area contributed by atoms with Crippen molar-refractivity contribution >= 4 is 17.4 Å². The summed E-state index contributed by atoms with van der Waals surface area (Å²) in [6.07, 6.45) is 0.976. The second-order valence-electron chi connectivity index (χ2n) is 4.61. The number of hydrogen-bond donors (Lipinski definition) is 0. The van der Waals surface area contributed by atoms with Crippen LogP contribution in [0.5, 0.6) is 5.75 Å². The van der Waals surface area contributed by atoms with Crippen molar-refractivity contribution in [3.8, 4) is 5.75 Å². The molecule has 0 radical (unpaired) electrons. The third-order valence-corrected chi connectivity index (χ3v) is 3.53. The highest BCUT2D eigenvalue weighted by atomic mass is 35.5. The van der Waals surface area contributed by atoms with Gasteiger partial charge >= 0.3 is 0 Å². The first-order valence-electron chi connectivity index (χ1n) is 6.62. The van der Waals surface area contributed by atoms with E-state index >= 15 is 0 Å². The van der Waals surface area contributed by atoms with E-state index in [1.54, 1.807) is 18.2 Å². The fraction of sp³-hybridized carbons (Fsp3) is 0.235. The highest BCUT2D eigenvalue weighted by Crippen LogP contribution is 2.24. The van der Waals surface area contributed by atoms with E-state index in [9.17, 15) is 4.79 Å². The molecule has 0 amide bonds. The van der Waals surface area contributed by atoms with E-state index < -0.39 is 0 Å². The summed E-state index contributed by atoms with van der Waals surface area (Å²) in [4.78, 5) is 11.3. The molecule has 0 aliphatic carbocycles. The molecule has 0 heterocycles. The second-order valence-corrected chi connectivity index (χ2v) is 5.02. The molecule has 0 spiro atoms. The van der Waals surface area contributed by atoms with E-state index in [0.717, 1.165) is 6.42 Å². The number of Topliss-reactive ketones (excluding diaryl/α,β-unsaturated/α-hetero) is 1. The molecule has 0 fully saturated rings. The third kappa shape index (κ3) is 3.40. The molecule has 0 atom stereocenters. The van der Waals surface area contributed by atoms with Gasteiger partial charge in [0.05, 0.1) is 5.02 Å². The summed E-state index contributed by atoms with van der Waals surface area (Å²) < 4.78 is 5.75. The molecular weight excluding hydrogens is 272 g/mol. The van der Waals surface area contributed by atoms with Crippen LogP contribution in [-0.2, 0) is 13.0 Å². The summed E-state index contributed by atoms with van der Waals surface area (Å²) in [5.74, 6) is 0.629. The van der Waals surface area contributed by atoms with Crippen LogP contribution >= 0.6 is 11.6 Å². The lowest BCUT2D eigenvalue weighted by atomic mass is 10.1. The average Bonchev–Trinajstić information content (AvgIpc) is 2.45. The van der Waals surface area contributed by atoms with Crippen LogP contribution in [0.25, 0.3) is 0 Å².